The molecule has 90 valence electrons. The van der Waals surface area contributed by atoms with Crippen LogP contribution in [0.1, 0.15) is 13.3 Å². The van der Waals surface area contributed by atoms with Crippen LogP contribution in [0.5, 0.6) is 0 Å². The zero-order chi connectivity index (χ0) is 11.8. The van der Waals surface area contributed by atoms with Crippen molar-refractivity contribution in [2.24, 2.45) is 5.92 Å². The van der Waals surface area contributed by atoms with Crippen molar-refractivity contribution in [1.82, 2.24) is 4.31 Å². The first-order valence-electron chi connectivity index (χ1n) is 5.23. The van der Waals surface area contributed by atoms with E-state index >= 15 is 0 Å². The minimum Gasteiger partial charge on any atom is -0.395 e. The monoisotopic (exact) mass is 261 g/mol. The second kappa shape index (κ2) is 4.44. The van der Waals surface area contributed by atoms with Crippen molar-refractivity contribution in [3.63, 3.8) is 0 Å². The predicted molar refractivity (Wildman–Crippen MR) is 62.9 cm³/mol. The van der Waals surface area contributed by atoms with E-state index in [9.17, 15) is 13.5 Å². The minimum absolute atomic E-state index is 0.105. The Labute approximate surface area is 99.6 Å². The number of hydrogen-bond acceptors (Lipinski definition) is 4. The van der Waals surface area contributed by atoms with Gasteiger partial charge in [-0.15, -0.1) is 11.3 Å². The summed E-state index contributed by atoms with van der Waals surface area (Å²) in [6.07, 6.45) is 0.815. The molecule has 1 saturated heterocycles. The molecule has 0 spiro atoms. The van der Waals surface area contributed by atoms with Crippen LogP contribution in [-0.4, -0.2) is 37.0 Å². The summed E-state index contributed by atoms with van der Waals surface area (Å²) in [5, 5.41) is 11.0. The predicted octanol–water partition coefficient (Wildman–Crippen LogP) is 1.14. The molecule has 1 N–H and O–H groups in total. The second-order valence-corrected chi connectivity index (χ2v) is 7.13. The van der Waals surface area contributed by atoms with Crippen LogP contribution in [0, 0.1) is 5.92 Å². The second-order valence-electron chi connectivity index (χ2n) is 4.06. The standard InChI is InChI=1S/C10H15NO3S2/c1-8-4-5-11(9(8)7-12)16(13,14)10-3-2-6-15-10/h2-3,6,8-9,12H,4-5,7H2,1H3. The largest absolute Gasteiger partial charge is 0.395 e. The number of nitrogens with zero attached hydrogens (tertiary/aromatic N) is 1. The Balaban J connectivity index is 2.32. The molecule has 0 bridgehead atoms. The Kier molecular flexibility index (Phi) is 3.34. The summed E-state index contributed by atoms with van der Waals surface area (Å²) in [6, 6.07) is 3.06. The molecular formula is C10H15NO3S2. The Bertz CT molecular complexity index is 441. The van der Waals surface area contributed by atoms with Crippen LogP contribution in [0.2, 0.25) is 0 Å². The molecule has 1 aliphatic heterocycles. The van der Waals surface area contributed by atoms with Crippen molar-refractivity contribution in [1.29, 1.82) is 0 Å². The molecule has 2 heterocycles. The highest BCUT2D eigenvalue weighted by Crippen LogP contribution is 2.31. The van der Waals surface area contributed by atoms with Crippen LogP contribution in [0.25, 0.3) is 0 Å². The lowest BCUT2D eigenvalue weighted by Gasteiger charge is -2.23. The number of rotatable bonds is 3. The average molecular weight is 261 g/mol. The molecule has 4 nitrogen and oxygen atoms in total. The van der Waals surface area contributed by atoms with Crippen molar-refractivity contribution in [3.05, 3.63) is 17.5 Å². The van der Waals surface area contributed by atoms with E-state index in [-0.39, 0.29) is 18.6 Å². The first-order valence-corrected chi connectivity index (χ1v) is 7.55. The molecule has 1 aromatic rings. The van der Waals surface area contributed by atoms with Gasteiger partial charge in [-0.05, 0) is 23.8 Å². The van der Waals surface area contributed by atoms with Gasteiger partial charge in [0.05, 0.1) is 12.6 Å². The fraction of sp³-hybridized carbons (Fsp3) is 0.600. The maximum atomic E-state index is 12.2. The van der Waals surface area contributed by atoms with E-state index in [0.717, 1.165) is 6.42 Å². The van der Waals surface area contributed by atoms with Gasteiger partial charge >= 0.3 is 0 Å². The quantitative estimate of drug-likeness (QED) is 0.887. The topological polar surface area (TPSA) is 57.6 Å². The Morgan fingerprint density at radius 1 is 1.62 bits per heavy atom. The summed E-state index contributed by atoms with van der Waals surface area (Å²) >= 11 is 1.22. The lowest BCUT2D eigenvalue weighted by molar-refractivity contribution is 0.191. The highest BCUT2D eigenvalue weighted by Gasteiger charge is 2.39. The fourth-order valence-electron chi connectivity index (χ4n) is 2.07. The number of hydrogen-bond donors (Lipinski definition) is 1. The zero-order valence-electron chi connectivity index (χ0n) is 9.04. The SMILES string of the molecule is CC1CCN(S(=O)(=O)c2cccs2)C1CO. The highest BCUT2D eigenvalue weighted by molar-refractivity contribution is 7.91. The summed E-state index contributed by atoms with van der Waals surface area (Å²) < 4.78 is 26.3. The van der Waals surface area contributed by atoms with E-state index in [0.29, 0.717) is 10.8 Å². The molecule has 6 heteroatoms. The fourth-order valence-corrected chi connectivity index (χ4v) is 4.92. The van der Waals surface area contributed by atoms with Gasteiger partial charge in [0.1, 0.15) is 4.21 Å². The van der Waals surface area contributed by atoms with Crippen LogP contribution in [0.15, 0.2) is 21.7 Å². The van der Waals surface area contributed by atoms with Crippen LogP contribution >= 0.6 is 11.3 Å². The minimum atomic E-state index is -3.40. The van der Waals surface area contributed by atoms with Crippen LogP contribution in [-0.2, 0) is 10.0 Å². The van der Waals surface area contributed by atoms with Crippen molar-refractivity contribution in [3.8, 4) is 0 Å². The van der Waals surface area contributed by atoms with Crippen molar-refractivity contribution in [2.45, 2.75) is 23.6 Å². The van der Waals surface area contributed by atoms with Crippen LogP contribution in [0.4, 0.5) is 0 Å². The van der Waals surface area contributed by atoms with Gasteiger partial charge in [-0.3, -0.25) is 0 Å². The number of aliphatic hydroxyl groups excluding tert-OH is 1. The third-order valence-corrected chi connectivity index (χ3v) is 6.37. The Morgan fingerprint density at radius 2 is 2.38 bits per heavy atom. The maximum absolute atomic E-state index is 12.2. The van der Waals surface area contributed by atoms with E-state index in [2.05, 4.69) is 0 Å². The molecule has 0 radical (unpaired) electrons. The van der Waals surface area contributed by atoms with E-state index in [1.165, 1.54) is 15.6 Å². The van der Waals surface area contributed by atoms with Crippen LogP contribution < -0.4 is 0 Å². The number of sulfonamides is 1. The highest BCUT2D eigenvalue weighted by atomic mass is 32.2. The summed E-state index contributed by atoms with van der Waals surface area (Å²) in [5.41, 5.74) is 0. The van der Waals surface area contributed by atoms with E-state index < -0.39 is 10.0 Å². The number of thiophene rings is 1. The third-order valence-electron chi connectivity index (χ3n) is 3.08. The first kappa shape index (κ1) is 12.0. The molecule has 0 aromatic carbocycles. The van der Waals surface area contributed by atoms with Gasteiger partial charge in [0.25, 0.3) is 10.0 Å². The Hall–Kier alpha value is -0.430. The van der Waals surface area contributed by atoms with Crippen LogP contribution in [0.3, 0.4) is 0 Å². The lowest BCUT2D eigenvalue weighted by Crippen LogP contribution is -2.39. The summed E-state index contributed by atoms with van der Waals surface area (Å²) in [4.78, 5) is 0. The normalized spacial score (nSPS) is 27.4. The Morgan fingerprint density at radius 3 is 2.94 bits per heavy atom. The molecular weight excluding hydrogens is 246 g/mol. The summed E-state index contributed by atoms with van der Waals surface area (Å²) in [7, 11) is -3.40. The summed E-state index contributed by atoms with van der Waals surface area (Å²) in [6.45, 7) is 2.38. The molecule has 1 aromatic heterocycles. The van der Waals surface area contributed by atoms with Crippen molar-refractivity contribution in [2.75, 3.05) is 13.2 Å². The van der Waals surface area contributed by atoms with Gasteiger partial charge in [-0.25, -0.2) is 8.42 Å². The van der Waals surface area contributed by atoms with E-state index in [1.807, 2.05) is 6.92 Å². The molecule has 1 fully saturated rings. The lowest BCUT2D eigenvalue weighted by atomic mass is 10.0. The molecule has 2 unspecified atom stereocenters. The van der Waals surface area contributed by atoms with E-state index in [1.54, 1.807) is 17.5 Å². The molecule has 16 heavy (non-hydrogen) atoms. The molecule has 0 aliphatic carbocycles. The van der Waals surface area contributed by atoms with Gasteiger partial charge in [0.15, 0.2) is 0 Å². The van der Waals surface area contributed by atoms with Gasteiger partial charge in [0, 0.05) is 6.54 Å². The van der Waals surface area contributed by atoms with Gasteiger partial charge in [0.2, 0.25) is 0 Å². The molecule has 0 amide bonds. The summed E-state index contributed by atoms with van der Waals surface area (Å²) in [5.74, 6) is 0.222. The zero-order valence-corrected chi connectivity index (χ0v) is 10.7. The smallest absolute Gasteiger partial charge is 0.252 e. The number of aliphatic hydroxyl groups is 1. The maximum Gasteiger partial charge on any atom is 0.252 e. The van der Waals surface area contributed by atoms with Crippen molar-refractivity contribution < 1.29 is 13.5 Å². The van der Waals surface area contributed by atoms with Gasteiger partial charge in [-0.2, -0.15) is 4.31 Å². The molecule has 2 rings (SSSR count). The van der Waals surface area contributed by atoms with Gasteiger partial charge < -0.3 is 5.11 Å². The first-order chi connectivity index (χ1) is 7.57. The molecule has 2 atom stereocenters. The third kappa shape index (κ3) is 1.90. The molecule has 0 saturated carbocycles. The average Bonchev–Trinajstić information content (AvgIpc) is 2.85. The van der Waals surface area contributed by atoms with Crippen molar-refractivity contribution >= 4 is 21.4 Å². The van der Waals surface area contributed by atoms with Gasteiger partial charge in [-0.1, -0.05) is 13.0 Å². The van der Waals surface area contributed by atoms with E-state index in [4.69, 9.17) is 0 Å². The molecule has 1 aliphatic rings.